The Labute approximate surface area is 474 Å². The third kappa shape index (κ3) is 7.86. The molecule has 2 aliphatic carbocycles. The van der Waals surface area contributed by atoms with E-state index in [-0.39, 0.29) is 39.2 Å². The molecule has 0 saturated carbocycles. The molecule has 0 unspecified atom stereocenters. The highest BCUT2D eigenvalue weighted by atomic mass is 32.1. The van der Waals surface area contributed by atoms with Crippen molar-refractivity contribution in [2.24, 2.45) is 0 Å². The van der Waals surface area contributed by atoms with Gasteiger partial charge in [0.15, 0.2) is 0 Å². The van der Waals surface area contributed by atoms with Crippen molar-refractivity contribution in [2.45, 2.75) is 162 Å². The van der Waals surface area contributed by atoms with Crippen molar-refractivity contribution < 1.29 is 4.11 Å². The lowest BCUT2D eigenvalue weighted by molar-refractivity contribution is 0.332. The van der Waals surface area contributed by atoms with Gasteiger partial charge in [0.05, 0.1) is 0 Å². The molecule has 9 aromatic rings. The first-order chi connectivity index (χ1) is 37.9. The summed E-state index contributed by atoms with van der Waals surface area (Å²) in [5.41, 5.74) is 22.3. The van der Waals surface area contributed by atoms with E-state index in [2.05, 4.69) is 252 Å². The molecule has 4 aliphatic rings. The van der Waals surface area contributed by atoms with E-state index in [4.69, 9.17) is 0 Å². The summed E-state index contributed by atoms with van der Waals surface area (Å²) in [6, 6.07) is 55.1. The molecule has 3 heterocycles. The maximum absolute atomic E-state index is 9.38. The summed E-state index contributed by atoms with van der Waals surface area (Å²) in [5.74, 6) is 0. The van der Waals surface area contributed by atoms with Gasteiger partial charge in [-0.3, -0.25) is 0 Å². The van der Waals surface area contributed by atoms with Gasteiger partial charge < -0.3 is 14.7 Å². The summed E-state index contributed by atoms with van der Waals surface area (Å²) in [5, 5.41) is 2.41. The predicted octanol–water partition coefficient (Wildman–Crippen LogP) is 19.1. The van der Waals surface area contributed by atoms with Gasteiger partial charge in [0, 0.05) is 75.5 Å². The van der Waals surface area contributed by atoms with Gasteiger partial charge in [0.25, 0.3) is 6.71 Å². The number of fused-ring (bicyclic) bond motifs is 9. The topological polar surface area (TPSA) is 9.72 Å². The number of hydrogen-bond donors (Lipinski definition) is 0. The van der Waals surface area contributed by atoms with Crippen molar-refractivity contribution in [3.63, 3.8) is 0 Å². The molecule has 0 amide bonds. The molecule has 5 heteroatoms. The molecule has 1 aromatic heterocycles. The standard InChI is InChI=1S/C73H78BN3S/c1-44-35-63-67-64(36-44)77(60-41-57-54(37-45(60)2)72(13,14)43-73(57,15)16)62-42-56-55(70(9,10)33-34-71(56,11)12)40-59(62)74(67)58-31-29-51(39-61(58)76(63)50-30-32-66-53(38-50)52-19-17-18-20-65(52)78-66)75(48-25-21-46(22-26-48)68(3,4)5)49-27-23-47(24-28-49)69(6,7)8/h17-32,35-42H,33-34,43H2,1-16H3/i1D3. The van der Waals surface area contributed by atoms with Crippen LogP contribution < -0.4 is 31.1 Å². The van der Waals surface area contributed by atoms with Crippen molar-refractivity contribution in [3.05, 3.63) is 190 Å². The number of anilines is 9. The summed E-state index contributed by atoms with van der Waals surface area (Å²) in [6.45, 7) is 32.6. The Morgan fingerprint density at radius 3 is 1.63 bits per heavy atom. The van der Waals surface area contributed by atoms with Crippen LogP contribution in [0.1, 0.15) is 165 Å². The van der Waals surface area contributed by atoms with E-state index in [1.807, 2.05) is 23.5 Å². The van der Waals surface area contributed by atoms with Gasteiger partial charge in [-0.2, -0.15) is 0 Å². The fourth-order valence-corrected chi connectivity index (χ4v) is 15.7. The number of nitrogens with zero attached hydrogens (tertiary/aromatic N) is 3. The molecule has 0 spiro atoms. The zero-order chi connectivity index (χ0) is 57.5. The Balaban J connectivity index is 1.15. The minimum Gasteiger partial charge on any atom is -0.311 e. The average Bonchev–Trinajstić information content (AvgIpc) is 1.71. The molecule has 0 atom stereocenters. The molecule has 13 rings (SSSR count). The first-order valence-electron chi connectivity index (χ1n) is 30.1. The van der Waals surface area contributed by atoms with Gasteiger partial charge in [-0.05, 0) is 211 Å². The van der Waals surface area contributed by atoms with Crippen LogP contribution in [0.4, 0.5) is 51.2 Å². The molecule has 8 aromatic carbocycles. The summed E-state index contributed by atoms with van der Waals surface area (Å²) in [4.78, 5) is 7.34. The number of hydrogen-bond acceptors (Lipinski definition) is 4. The van der Waals surface area contributed by atoms with Gasteiger partial charge in [-0.25, -0.2) is 0 Å². The Morgan fingerprint density at radius 1 is 0.487 bits per heavy atom. The van der Waals surface area contributed by atoms with Crippen LogP contribution in [0.5, 0.6) is 0 Å². The third-order valence-corrected chi connectivity index (χ3v) is 20.0. The molecular weight excluding hydrogens is 962 g/mol. The SMILES string of the molecule is [2H]C([2H])([2H])c1cc2c3c(c1)N(c1cc4c(cc1C)C(C)(C)CC4(C)C)c1cc4c(cc1B3c1ccc(N(c3ccc(C(C)(C)C)cc3)c3ccc(C(C)(C)C)cc3)cc1N2c1ccc2sc3ccccc3c2c1)C(C)(C)CCC4(C)C. The summed E-state index contributed by atoms with van der Waals surface area (Å²) >= 11 is 1.82. The molecule has 78 heavy (non-hydrogen) atoms. The molecule has 3 nitrogen and oxygen atoms in total. The van der Waals surface area contributed by atoms with E-state index in [0.717, 1.165) is 75.9 Å². The second-order valence-corrected chi connectivity index (χ2v) is 29.4. The molecule has 394 valence electrons. The lowest BCUT2D eigenvalue weighted by atomic mass is 9.33. The maximum Gasteiger partial charge on any atom is 0.252 e. The number of benzene rings is 8. The van der Waals surface area contributed by atoms with Gasteiger partial charge in [0.1, 0.15) is 0 Å². The van der Waals surface area contributed by atoms with Gasteiger partial charge in [0.2, 0.25) is 0 Å². The highest BCUT2D eigenvalue weighted by molar-refractivity contribution is 7.25. The Morgan fingerprint density at radius 2 is 1.01 bits per heavy atom. The molecular formula is C73H78BN3S. The lowest BCUT2D eigenvalue weighted by Crippen LogP contribution is -2.62. The summed E-state index contributed by atoms with van der Waals surface area (Å²) in [6.07, 6.45) is 3.23. The minimum atomic E-state index is -2.41. The fraction of sp³-hybridized carbons (Fsp3) is 0.342. The van der Waals surface area contributed by atoms with E-state index >= 15 is 0 Å². The van der Waals surface area contributed by atoms with Crippen LogP contribution in [-0.4, -0.2) is 6.71 Å². The van der Waals surface area contributed by atoms with Gasteiger partial charge >= 0.3 is 0 Å². The van der Waals surface area contributed by atoms with E-state index in [1.54, 1.807) is 0 Å². The van der Waals surface area contributed by atoms with Crippen LogP contribution in [-0.2, 0) is 32.5 Å². The summed E-state index contributed by atoms with van der Waals surface area (Å²) < 4.78 is 30.6. The second-order valence-electron chi connectivity index (χ2n) is 28.3. The van der Waals surface area contributed by atoms with E-state index in [1.165, 1.54) is 70.0 Å². The van der Waals surface area contributed by atoms with E-state index in [0.29, 0.717) is 5.56 Å². The molecule has 2 aliphatic heterocycles. The first-order valence-corrected chi connectivity index (χ1v) is 29.4. The maximum atomic E-state index is 9.38. The normalized spacial score (nSPS) is 18.1. The number of rotatable bonds is 5. The van der Waals surface area contributed by atoms with Crippen molar-refractivity contribution in [3.8, 4) is 0 Å². The molecule has 0 radical (unpaired) electrons. The largest absolute Gasteiger partial charge is 0.311 e. The number of aryl methyl sites for hydroxylation is 2. The Kier molecular flexibility index (Phi) is 10.3. The Hall–Kier alpha value is -6.56. The molecule has 0 fully saturated rings. The van der Waals surface area contributed by atoms with E-state index in [9.17, 15) is 4.11 Å². The van der Waals surface area contributed by atoms with Crippen molar-refractivity contribution in [1.29, 1.82) is 0 Å². The third-order valence-electron chi connectivity index (χ3n) is 18.8. The fourth-order valence-electron chi connectivity index (χ4n) is 14.6. The van der Waals surface area contributed by atoms with Crippen molar-refractivity contribution >= 4 is 106 Å². The Bertz CT molecular complexity index is 4010. The summed E-state index contributed by atoms with van der Waals surface area (Å²) in [7, 11) is 0. The minimum absolute atomic E-state index is 0.0123. The van der Waals surface area contributed by atoms with Crippen LogP contribution in [0.15, 0.2) is 146 Å². The van der Waals surface area contributed by atoms with Crippen molar-refractivity contribution in [2.75, 3.05) is 14.7 Å². The van der Waals surface area contributed by atoms with Crippen LogP contribution in [0.2, 0.25) is 0 Å². The zero-order valence-electron chi connectivity index (χ0n) is 51.8. The smallest absolute Gasteiger partial charge is 0.252 e. The zero-order valence-corrected chi connectivity index (χ0v) is 49.6. The predicted molar refractivity (Wildman–Crippen MR) is 341 cm³/mol. The second kappa shape index (κ2) is 17.0. The van der Waals surface area contributed by atoms with Crippen LogP contribution in [0.3, 0.4) is 0 Å². The lowest BCUT2D eigenvalue weighted by Gasteiger charge is -2.48. The first kappa shape index (κ1) is 47.4. The van der Waals surface area contributed by atoms with Crippen molar-refractivity contribution in [1.82, 2.24) is 0 Å². The highest BCUT2D eigenvalue weighted by Gasteiger charge is 2.48. The van der Waals surface area contributed by atoms with Gasteiger partial charge in [-0.1, -0.05) is 158 Å². The monoisotopic (exact) mass is 1040 g/mol. The van der Waals surface area contributed by atoms with Gasteiger partial charge in [-0.15, -0.1) is 11.3 Å². The van der Waals surface area contributed by atoms with Crippen LogP contribution in [0, 0.1) is 13.8 Å². The average molecular weight is 1040 g/mol. The van der Waals surface area contributed by atoms with Crippen LogP contribution >= 0.6 is 11.3 Å². The molecule has 0 saturated heterocycles. The number of thiophene rings is 1. The molecule has 0 bridgehead atoms. The van der Waals surface area contributed by atoms with E-state index < -0.39 is 6.85 Å². The quantitative estimate of drug-likeness (QED) is 0.159. The van der Waals surface area contributed by atoms with Crippen LogP contribution in [0.25, 0.3) is 20.2 Å². The molecule has 0 N–H and O–H groups in total. The highest BCUT2D eigenvalue weighted by Crippen LogP contribution is 2.55.